The van der Waals surface area contributed by atoms with E-state index < -0.39 is 0 Å². The van der Waals surface area contributed by atoms with Gasteiger partial charge in [0.25, 0.3) is 0 Å². The van der Waals surface area contributed by atoms with Crippen molar-refractivity contribution in [3.8, 4) is 0 Å². The lowest BCUT2D eigenvalue weighted by atomic mass is 10.0. The molecule has 82 valence electrons. The van der Waals surface area contributed by atoms with Crippen LogP contribution in [0.4, 0.5) is 0 Å². The van der Waals surface area contributed by atoms with Gasteiger partial charge in [-0.15, -0.1) is 0 Å². The van der Waals surface area contributed by atoms with Crippen LogP contribution in [0.15, 0.2) is 18.7 Å². The molecule has 2 rings (SSSR count). The highest BCUT2D eigenvalue weighted by molar-refractivity contribution is 8.00. The van der Waals surface area contributed by atoms with E-state index in [1.54, 1.807) is 6.33 Å². The molecule has 3 N–H and O–H groups in total. The number of aromatic nitrogens is 2. The van der Waals surface area contributed by atoms with Gasteiger partial charge in [0.1, 0.15) is 6.33 Å². The minimum atomic E-state index is 0.177. The summed E-state index contributed by atoms with van der Waals surface area (Å²) in [5.41, 5.74) is 3.97. The number of nitrogens with zero attached hydrogens (tertiary/aromatic N) is 2. The molecule has 0 radical (unpaired) electrons. The van der Waals surface area contributed by atoms with Crippen molar-refractivity contribution >= 4 is 11.8 Å². The Hall–Kier alpha value is -0.650. The van der Waals surface area contributed by atoms with Gasteiger partial charge in [0, 0.05) is 23.2 Å². The molecule has 4 nitrogen and oxygen atoms in total. The van der Waals surface area contributed by atoms with Crippen LogP contribution < -0.4 is 11.3 Å². The largest absolute Gasteiger partial charge is 0.271 e. The van der Waals surface area contributed by atoms with E-state index in [0.29, 0.717) is 5.25 Å². The average Bonchev–Trinajstić information content (AvgIpc) is 2.33. The van der Waals surface area contributed by atoms with Gasteiger partial charge < -0.3 is 0 Å². The predicted octanol–water partition coefficient (Wildman–Crippen LogP) is 1.27. The van der Waals surface area contributed by atoms with Crippen LogP contribution in [-0.4, -0.2) is 21.0 Å². The molecule has 0 amide bonds. The molecule has 2 atom stereocenters. The topological polar surface area (TPSA) is 63.8 Å². The standard InChI is InChI=1S/C10H16N4S/c11-14-10(8-5-12-7-13-6-8)9-3-1-2-4-15-9/h5-7,9-10,14H,1-4,11H2. The highest BCUT2D eigenvalue weighted by Gasteiger charge is 2.24. The molecule has 0 bridgehead atoms. The normalized spacial score (nSPS) is 23.7. The maximum absolute atomic E-state index is 5.62. The number of rotatable bonds is 3. The van der Waals surface area contributed by atoms with E-state index >= 15 is 0 Å². The molecule has 0 aromatic carbocycles. The fourth-order valence-electron chi connectivity index (χ4n) is 1.92. The predicted molar refractivity (Wildman–Crippen MR) is 62.2 cm³/mol. The van der Waals surface area contributed by atoms with Crippen molar-refractivity contribution in [2.75, 3.05) is 5.75 Å². The molecule has 0 aliphatic carbocycles. The van der Waals surface area contributed by atoms with Gasteiger partial charge in [0.2, 0.25) is 0 Å². The van der Waals surface area contributed by atoms with Crippen molar-refractivity contribution in [1.29, 1.82) is 0 Å². The van der Waals surface area contributed by atoms with Crippen molar-refractivity contribution in [2.45, 2.75) is 30.6 Å². The van der Waals surface area contributed by atoms with Gasteiger partial charge in [-0.1, -0.05) is 6.42 Å². The Bertz CT molecular complexity index is 287. The van der Waals surface area contributed by atoms with E-state index in [2.05, 4.69) is 15.4 Å². The molecule has 1 saturated heterocycles. The van der Waals surface area contributed by atoms with E-state index in [9.17, 15) is 0 Å². The molecule has 1 fully saturated rings. The van der Waals surface area contributed by atoms with Gasteiger partial charge in [-0.25, -0.2) is 9.97 Å². The van der Waals surface area contributed by atoms with Gasteiger partial charge in [0.15, 0.2) is 0 Å². The van der Waals surface area contributed by atoms with E-state index in [0.717, 1.165) is 5.56 Å². The van der Waals surface area contributed by atoms with Crippen LogP contribution in [0.25, 0.3) is 0 Å². The Morgan fingerprint density at radius 2 is 2.20 bits per heavy atom. The van der Waals surface area contributed by atoms with Crippen LogP contribution in [0.2, 0.25) is 0 Å². The summed E-state index contributed by atoms with van der Waals surface area (Å²) in [6, 6.07) is 0.177. The van der Waals surface area contributed by atoms with Crippen molar-refractivity contribution in [2.24, 2.45) is 5.84 Å². The molecular formula is C10H16N4S. The zero-order valence-electron chi connectivity index (χ0n) is 8.60. The first-order valence-electron chi connectivity index (χ1n) is 5.24. The maximum atomic E-state index is 5.62. The lowest BCUT2D eigenvalue weighted by Crippen LogP contribution is -2.36. The smallest absolute Gasteiger partial charge is 0.115 e. The molecule has 5 heteroatoms. The van der Waals surface area contributed by atoms with Gasteiger partial charge in [-0.3, -0.25) is 11.3 Å². The van der Waals surface area contributed by atoms with Crippen molar-refractivity contribution in [1.82, 2.24) is 15.4 Å². The second-order valence-corrected chi connectivity index (χ2v) is 5.07. The Kier molecular flexibility index (Phi) is 3.94. The second kappa shape index (κ2) is 5.44. The number of hydrogen-bond acceptors (Lipinski definition) is 5. The van der Waals surface area contributed by atoms with E-state index in [1.165, 1.54) is 25.0 Å². The first-order valence-corrected chi connectivity index (χ1v) is 6.29. The minimum Gasteiger partial charge on any atom is -0.271 e. The fraction of sp³-hybridized carbons (Fsp3) is 0.600. The highest BCUT2D eigenvalue weighted by atomic mass is 32.2. The summed E-state index contributed by atoms with van der Waals surface area (Å²) in [6.45, 7) is 0. The Balaban J connectivity index is 2.09. The highest BCUT2D eigenvalue weighted by Crippen LogP contribution is 2.33. The lowest BCUT2D eigenvalue weighted by molar-refractivity contribution is 0.489. The summed E-state index contributed by atoms with van der Waals surface area (Å²) in [7, 11) is 0. The zero-order chi connectivity index (χ0) is 10.5. The lowest BCUT2D eigenvalue weighted by Gasteiger charge is -2.29. The van der Waals surface area contributed by atoms with Crippen molar-refractivity contribution in [3.05, 3.63) is 24.3 Å². The monoisotopic (exact) mass is 224 g/mol. The van der Waals surface area contributed by atoms with Gasteiger partial charge in [0.05, 0.1) is 6.04 Å². The first kappa shape index (κ1) is 10.9. The molecule has 2 unspecified atom stereocenters. The van der Waals surface area contributed by atoms with Crippen LogP contribution in [0.5, 0.6) is 0 Å². The quantitative estimate of drug-likeness (QED) is 0.598. The molecular weight excluding hydrogens is 208 g/mol. The van der Waals surface area contributed by atoms with E-state index in [4.69, 9.17) is 5.84 Å². The zero-order valence-corrected chi connectivity index (χ0v) is 9.41. The van der Waals surface area contributed by atoms with Crippen molar-refractivity contribution in [3.63, 3.8) is 0 Å². The number of hydrazine groups is 1. The molecule has 0 spiro atoms. The second-order valence-electron chi connectivity index (χ2n) is 3.72. The average molecular weight is 224 g/mol. The molecule has 2 heterocycles. The molecule has 1 aromatic rings. The summed E-state index contributed by atoms with van der Waals surface area (Å²) in [4.78, 5) is 8.06. The summed E-state index contributed by atoms with van der Waals surface area (Å²) in [6.07, 6.45) is 9.06. The van der Waals surface area contributed by atoms with Crippen molar-refractivity contribution < 1.29 is 0 Å². The third kappa shape index (κ3) is 2.68. The molecule has 15 heavy (non-hydrogen) atoms. The molecule has 0 saturated carbocycles. The van der Waals surface area contributed by atoms with Gasteiger partial charge in [-0.05, 0) is 18.6 Å². The number of nitrogens with one attached hydrogen (secondary N) is 1. The Morgan fingerprint density at radius 1 is 1.40 bits per heavy atom. The number of thioether (sulfide) groups is 1. The minimum absolute atomic E-state index is 0.177. The number of hydrogen-bond donors (Lipinski definition) is 2. The summed E-state index contributed by atoms with van der Waals surface area (Å²) < 4.78 is 0. The maximum Gasteiger partial charge on any atom is 0.115 e. The molecule has 1 aliphatic heterocycles. The van der Waals surface area contributed by atoms with Gasteiger partial charge >= 0.3 is 0 Å². The van der Waals surface area contributed by atoms with Gasteiger partial charge in [-0.2, -0.15) is 11.8 Å². The molecule has 1 aliphatic rings. The van der Waals surface area contributed by atoms with E-state index in [-0.39, 0.29) is 6.04 Å². The van der Waals surface area contributed by atoms with E-state index in [1.807, 2.05) is 24.2 Å². The first-order chi connectivity index (χ1) is 7.42. The number of nitrogens with two attached hydrogens (primary N) is 1. The van der Waals surface area contributed by atoms with Crippen LogP contribution >= 0.6 is 11.8 Å². The van der Waals surface area contributed by atoms with Crippen LogP contribution in [0.1, 0.15) is 30.9 Å². The van der Waals surface area contributed by atoms with Crippen LogP contribution in [0, 0.1) is 0 Å². The SMILES string of the molecule is NNC(c1cncnc1)C1CCCCS1. The molecule has 1 aromatic heterocycles. The van der Waals surface area contributed by atoms with Crippen LogP contribution in [0.3, 0.4) is 0 Å². The summed E-state index contributed by atoms with van der Waals surface area (Å²) in [5.74, 6) is 6.85. The summed E-state index contributed by atoms with van der Waals surface area (Å²) >= 11 is 1.99. The van der Waals surface area contributed by atoms with Crippen LogP contribution in [-0.2, 0) is 0 Å². The third-order valence-electron chi connectivity index (χ3n) is 2.71. The fourth-order valence-corrected chi connectivity index (χ4v) is 3.35. The Labute approximate surface area is 94.0 Å². The third-order valence-corrected chi connectivity index (χ3v) is 4.17. The summed E-state index contributed by atoms with van der Waals surface area (Å²) in [5, 5.41) is 0.551. The Morgan fingerprint density at radius 3 is 2.80 bits per heavy atom.